The normalized spacial score (nSPS) is 12.8. The Hall–Kier alpha value is -0.970. The average Bonchev–Trinajstić information content (AvgIpc) is 2.37. The lowest BCUT2D eigenvalue weighted by Gasteiger charge is -2.23. The lowest BCUT2D eigenvalue weighted by atomic mass is 10.2. The van der Waals surface area contributed by atoms with Crippen LogP contribution < -0.4 is 10.6 Å². The van der Waals surface area contributed by atoms with Crippen LogP contribution >= 0.6 is 23.2 Å². The largest absolute Gasteiger partial charge is 0.444 e. The van der Waals surface area contributed by atoms with Gasteiger partial charge in [0.1, 0.15) is 5.60 Å². The molecule has 1 atom stereocenters. The molecule has 0 aromatic heterocycles. The summed E-state index contributed by atoms with van der Waals surface area (Å²) in [6.45, 7) is 8.78. The molecule has 1 unspecified atom stereocenters. The molecule has 0 fully saturated rings. The van der Waals surface area contributed by atoms with Crippen LogP contribution in [0.15, 0.2) is 18.2 Å². The Morgan fingerprint density at radius 1 is 1.32 bits per heavy atom. The molecule has 0 bridgehead atoms. The van der Waals surface area contributed by atoms with Crippen LogP contribution in [0, 0.1) is 0 Å². The van der Waals surface area contributed by atoms with Gasteiger partial charge < -0.3 is 15.4 Å². The fourth-order valence-corrected chi connectivity index (χ4v) is 2.29. The molecule has 124 valence electrons. The van der Waals surface area contributed by atoms with E-state index in [1.807, 2.05) is 33.8 Å². The predicted octanol–water partition coefficient (Wildman–Crippen LogP) is 4.39. The zero-order valence-electron chi connectivity index (χ0n) is 13.5. The summed E-state index contributed by atoms with van der Waals surface area (Å²) in [5, 5.41) is 7.39. The van der Waals surface area contributed by atoms with Gasteiger partial charge in [0, 0.05) is 29.2 Å². The van der Waals surface area contributed by atoms with E-state index in [0.717, 1.165) is 12.0 Å². The molecule has 1 amide bonds. The highest BCUT2D eigenvalue weighted by molar-refractivity contribution is 6.35. The number of amides is 1. The minimum atomic E-state index is -0.493. The van der Waals surface area contributed by atoms with E-state index >= 15 is 0 Å². The number of alkyl carbamates (subject to hydrolysis) is 1. The van der Waals surface area contributed by atoms with Gasteiger partial charge in [-0.25, -0.2) is 4.79 Å². The molecule has 6 heteroatoms. The average molecular weight is 347 g/mol. The van der Waals surface area contributed by atoms with Crippen molar-refractivity contribution in [3.05, 3.63) is 33.8 Å². The van der Waals surface area contributed by atoms with Gasteiger partial charge in [0.15, 0.2) is 0 Å². The van der Waals surface area contributed by atoms with Gasteiger partial charge in [-0.1, -0.05) is 36.2 Å². The molecule has 0 saturated heterocycles. The number of nitrogens with one attached hydrogen (secondary N) is 2. The third-order valence-corrected chi connectivity index (χ3v) is 3.52. The van der Waals surface area contributed by atoms with Gasteiger partial charge in [-0.3, -0.25) is 0 Å². The van der Waals surface area contributed by atoms with Crippen LogP contribution in [0.5, 0.6) is 0 Å². The van der Waals surface area contributed by atoms with E-state index in [-0.39, 0.29) is 6.04 Å². The van der Waals surface area contributed by atoms with Crippen molar-refractivity contribution >= 4 is 29.3 Å². The summed E-state index contributed by atoms with van der Waals surface area (Å²) in [4.78, 5) is 11.8. The Morgan fingerprint density at radius 2 is 2.00 bits per heavy atom. The van der Waals surface area contributed by atoms with Crippen LogP contribution in [0.2, 0.25) is 10.0 Å². The van der Waals surface area contributed by atoms with Gasteiger partial charge in [-0.15, -0.1) is 0 Å². The molecule has 4 nitrogen and oxygen atoms in total. The monoisotopic (exact) mass is 346 g/mol. The summed E-state index contributed by atoms with van der Waals surface area (Å²) in [5.74, 6) is 0. The van der Waals surface area contributed by atoms with Crippen LogP contribution in [-0.2, 0) is 11.3 Å². The van der Waals surface area contributed by atoms with Crippen LogP contribution in [0.4, 0.5) is 4.79 Å². The summed E-state index contributed by atoms with van der Waals surface area (Å²) >= 11 is 12.0. The minimum Gasteiger partial charge on any atom is -0.444 e. The third kappa shape index (κ3) is 7.34. The molecule has 0 saturated carbocycles. The SMILES string of the molecule is CCC(CNCc1ccc(Cl)cc1Cl)NC(=O)OC(C)(C)C. The maximum Gasteiger partial charge on any atom is 0.407 e. The fourth-order valence-electron chi connectivity index (χ4n) is 1.82. The van der Waals surface area contributed by atoms with Crippen molar-refractivity contribution in [3.8, 4) is 0 Å². The minimum absolute atomic E-state index is 0.000857. The number of hydrogen-bond donors (Lipinski definition) is 2. The van der Waals surface area contributed by atoms with Gasteiger partial charge >= 0.3 is 6.09 Å². The molecular formula is C16H24Cl2N2O2. The van der Waals surface area contributed by atoms with E-state index in [1.165, 1.54) is 0 Å². The lowest BCUT2D eigenvalue weighted by molar-refractivity contribution is 0.0502. The fraction of sp³-hybridized carbons (Fsp3) is 0.562. The molecule has 2 N–H and O–H groups in total. The molecule has 1 rings (SSSR count). The Morgan fingerprint density at radius 3 is 2.55 bits per heavy atom. The maximum absolute atomic E-state index is 11.8. The number of carbonyl (C=O) groups excluding carboxylic acids is 1. The van der Waals surface area contributed by atoms with E-state index in [4.69, 9.17) is 27.9 Å². The third-order valence-electron chi connectivity index (χ3n) is 2.93. The Bertz CT molecular complexity index is 501. The van der Waals surface area contributed by atoms with E-state index in [0.29, 0.717) is 23.1 Å². The molecule has 0 radical (unpaired) electrons. The van der Waals surface area contributed by atoms with Crippen LogP contribution in [0.3, 0.4) is 0 Å². The van der Waals surface area contributed by atoms with E-state index in [1.54, 1.807) is 12.1 Å². The molecule has 1 aromatic rings. The summed E-state index contributed by atoms with van der Waals surface area (Å²) in [6.07, 6.45) is 0.409. The molecular weight excluding hydrogens is 323 g/mol. The van der Waals surface area contributed by atoms with Crippen molar-refractivity contribution in [1.82, 2.24) is 10.6 Å². The van der Waals surface area contributed by atoms with E-state index in [9.17, 15) is 4.79 Å². The number of hydrogen-bond acceptors (Lipinski definition) is 3. The Kier molecular flexibility index (Phi) is 7.46. The highest BCUT2D eigenvalue weighted by Crippen LogP contribution is 2.20. The van der Waals surface area contributed by atoms with Crippen molar-refractivity contribution < 1.29 is 9.53 Å². The van der Waals surface area contributed by atoms with Crippen LogP contribution in [0.1, 0.15) is 39.7 Å². The highest BCUT2D eigenvalue weighted by Gasteiger charge is 2.18. The van der Waals surface area contributed by atoms with Gasteiger partial charge in [0.25, 0.3) is 0 Å². The highest BCUT2D eigenvalue weighted by atomic mass is 35.5. The van der Waals surface area contributed by atoms with Crippen molar-refractivity contribution in [1.29, 1.82) is 0 Å². The summed E-state index contributed by atoms with van der Waals surface area (Å²) in [7, 11) is 0. The molecule has 0 aliphatic heterocycles. The Labute approximate surface area is 142 Å². The summed E-state index contributed by atoms with van der Waals surface area (Å²) in [5.41, 5.74) is 0.477. The molecule has 0 aliphatic rings. The van der Waals surface area contributed by atoms with E-state index in [2.05, 4.69) is 10.6 Å². The second-order valence-corrected chi connectivity index (χ2v) is 6.96. The molecule has 1 aromatic carbocycles. The van der Waals surface area contributed by atoms with E-state index < -0.39 is 11.7 Å². The molecule has 0 heterocycles. The zero-order valence-corrected chi connectivity index (χ0v) is 15.0. The lowest BCUT2D eigenvalue weighted by Crippen LogP contribution is -2.43. The maximum atomic E-state index is 11.8. The summed E-state index contributed by atoms with van der Waals surface area (Å²) < 4.78 is 5.25. The van der Waals surface area contributed by atoms with Crippen molar-refractivity contribution in [3.63, 3.8) is 0 Å². The zero-order chi connectivity index (χ0) is 16.8. The smallest absolute Gasteiger partial charge is 0.407 e. The quantitative estimate of drug-likeness (QED) is 0.803. The first-order valence-corrected chi connectivity index (χ1v) is 8.11. The Balaban J connectivity index is 2.42. The standard InChI is InChI=1S/C16H24Cl2N2O2/c1-5-13(20-15(21)22-16(2,3)4)10-19-9-11-6-7-12(17)8-14(11)18/h6-8,13,19H,5,9-10H2,1-4H3,(H,20,21). The number of benzene rings is 1. The van der Waals surface area contributed by atoms with Gasteiger partial charge in [0.2, 0.25) is 0 Å². The number of halogens is 2. The summed E-state index contributed by atoms with van der Waals surface area (Å²) in [6, 6.07) is 5.41. The first kappa shape index (κ1) is 19.1. The molecule has 0 aliphatic carbocycles. The van der Waals surface area contributed by atoms with Crippen LogP contribution in [-0.4, -0.2) is 24.3 Å². The van der Waals surface area contributed by atoms with Gasteiger partial charge in [-0.2, -0.15) is 0 Å². The topological polar surface area (TPSA) is 50.4 Å². The first-order valence-electron chi connectivity index (χ1n) is 7.35. The van der Waals surface area contributed by atoms with Gasteiger partial charge in [-0.05, 0) is 44.9 Å². The van der Waals surface area contributed by atoms with Crippen molar-refractivity contribution in [2.75, 3.05) is 6.54 Å². The van der Waals surface area contributed by atoms with Crippen molar-refractivity contribution in [2.24, 2.45) is 0 Å². The second-order valence-electron chi connectivity index (χ2n) is 6.12. The number of ether oxygens (including phenoxy) is 1. The number of rotatable bonds is 6. The van der Waals surface area contributed by atoms with Gasteiger partial charge in [0.05, 0.1) is 0 Å². The predicted molar refractivity (Wildman–Crippen MR) is 91.6 cm³/mol. The first-order chi connectivity index (χ1) is 10.2. The van der Waals surface area contributed by atoms with Crippen LogP contribution in [0.25, 0.3) is 0 Å². The van der Waals surface area contributed by atoms with Crippen molar-refractivity contribution in [2.45, 2.75) is 52.3 Å². The molecule has 22 heavy (non-hydrogen) atoms. The molecule has 0 spiro atoms. The second kappa shape index (κ2) is 8.61. The number of carbonyl (C=O) groups is 1.